The Hall–Kier alpha value is -1.31. The van der Waals surface area contributed by atoms with Gasteiger partial charge in [0.05, 0.1) is 0 Å². The molecule has 1 aromatic rings. The summed E-state index contributed by atoms with van der Waals surface area (Å²) in [6.07, 6.45) is 1.07. The van der Waals surface area contributed by atoms with Gasteiger partial charge >= 0.3 is 0 Å². The van der Waals surface area contributed by atoms with Crippen molar-refractivity contribution in [3.63, 3.8) is 0 Å². The molecule has 1 aromatic carbocycles. The van der Waals surface area contributed by atoms with Crippen LogP contribution in [0.5, 0.6) is 0 Å². The summed E-state index contributed by atoms with van der Waals surface area (Å²) in [6, 6.07) is 11.3. The van der Waals surface area contributed by atoms with Gasteiger partial charge in [-0.2, -0.15) is 0 Å². The third-order valence-corrected chi connectivity index (χ3v) is 2.81. The van der Waals surface area contributed by atoms with E-state index >= 15 is 0 Å². The molecule has 0 unspecified atom stereocenters. The van der Waals surface area contributed by atoms with Crippen LogP contribution in [-0.2, 0) is 4.79 Å². The molecular weight excluding hydrogens is 174 g/mol. The summed E-state index contributed by atoms with van der Waals surface area (Å²) in [7, 11) is 0. The topological polar surface area (TPSA) is 20.3 Å². The molecule has 1 atom stereocenters. The fourth-order valence-electron chi connectivity index (χ4n) is 1.96. The fourth-order valence-corrected chi connectivity index (χ4v) is 1.96. The Balaban J connectivity index is 2.06. The molecule has 1 amide bonds. The first kappa shape index (κ1) is 9.25. The van der Waals surface area contributed by atoms with Gasteiger partial charge < -0.3 is 4.90 Å². The molecular formula is C12H14NO. The van der Waals surface area contributed by atoms with Crippen molar-refractivity contribution in [3.8, 4) is 0 Å². The van der Waals surface area contributed by atoms with Crippen LogP contribution in [0.1, 0.15) is 24.8 Å². The number of likely N-dealkylation sites (tertiary alicyclic amines) is 1. The Kier molecular flexibility index (Phi) is 2.53. The number of nitrogens with zero attached hydrogens (tertiary/aromatic N) is 1. The van der Waals surface area contributed by atoms with E-state index in [9.17, 15) is 4.79 Å². The Labute approximate surface area is 84.5 Å². The first-order valence-corrected chi connectivity index (χ1v) is 4.99. The van der Waals surface area contributed by atoms with Gasteiger partial charge in [0.15, 0.2) is 0 Å². The van der Waals surface area contributed by atoms with E-state index in [2.05, 4.69) is 12.1 Å². The number of rotatable bonds is 1. The zero-order valence-corrected chi connectivity index (χ0v) is 8.36. The predicted octanol–water partition coefficient (Wildman–Crippen LogP) is 1.82. The number of benzene rings is 1. The van der Waals surface area contributed by atoms with Gasteiger partial charge in [-0.3, -0.25) is 4.79 Å². The molecule has 0 saturated carbocycles. The minimum absolute atomic E-state index is 0.184. The lowest BCUT2D eigenvalue weighted by molar-refractivity contribution is -0.127. The van der Waals surface area contributed by atoms with E-state index in [0.717, 1.165) is 19.5 Å². The molecule has 0 aliphatic carbocycles. The second-order valence-corrected chi connectivity index (χ2v) is 3.77. The molecule has 2 heteroatoms. The molecule has 1 fully saturated rings. The molecule has 2 nitrogen and oxygen atoms in total. The highest BCUT2D eigenvalue weighted by atomic mass is 16.2. The van der Waals surface area contributed by atoms with Crippen molar-refractivity contribution in [2.75, 3.05) is 13.1 Å². The van der Waals surface area contributed by atoms with E-state index in [1.165, 1.54) is 5.56 Å². The maximum Gasteiger partial charge on any atom is 0.219 e. The SMILES string of the molecule is CC(=O)N1CC[C@@H](c2[c]cccc2)C1. The van der Waals surface area contributed by atoms with Gasteiger partial charge in [-0.1, -0.05) is 24.3 Å². The van der Waals surface area contributed by atoms with Gasteiger partial charge in [-0.05, 0) is 18.1 Å². The number of hydrogen-bond donors (Lipinski definition) is 0. The van der Waals surface area contributed by atoms with Gasteiger partial charge in [0.25, 0.3) is 0 Å². The van der Waals surface area contributed by atoms with Crippen LogP contribution >= 0.6 is 0 Å². The molecule has 1 aliphatic heterocycles. The molecule has 73 valence electrons. The van der Waals surface area contributed by atoms with E-state index in [0.29, 0.717) is 5.92 Å². The van der Waals surface area contributed by atoms with Crippen molar-refractivity contribution in [2.24, 2.45) is 0 Å². The van der Waals surface area contributed by atoms with Gasteiger partial charge in [0.1, 0.15) is 0 Å². The van der Waals surface area contributed by atoms with Gasteiger partial charge in [0, 0.05) is 25.9 Å². The monoisotopic (exact) mass is 188 g/mol. The average molecular weight is 188 g/mol. The van der Waals surface area contributed by atoms with Crippen LogP contribution in [0, 0.1) is 6.07 Å². The summed E-state index contributed by atoms with van der Waals surface area (Å²) < 4.78 is 0. The standard InChI is InChI=1S/C12H14NO/c1-10(14)13-8-7-12(9-13)11-5-3-2-4-6-11/h2-5,12H,7-9H2,1H3/t12-/m1/s1. The van der Waals surface area contributed by atoms with Crippen LogP contribution in [0.2, 0.25) is 0 Å². The smallest absolute Gasteiger partial charge is 0.219 e. The highest BCUT2D eigenvalue weighted by Gasteiger charge is 2.24. The normalized spacial score (nSPS) is 21.2. The molecule has 14 heavy (non-hydrogen) atoms. The van der Waals surface area contributed by atoms with Crippen LogP contribution < -0.4 is 0 Å². The number of carbonyl (C=O) groups excluding carboxylic acids is 1. The van der Waals surface area contributed by atoms with E-state index < -0.39 is 0 Å². The van der Waals surface area contributed by atoms with E-state index in [1.54, 1.807) is 6.92 Å². The number of amides is 1. The lowest BCUT2D eigenvalue weighted by Crippen LogP contribution is -2.25. The quantitative estimate of drug-likeness (QED) is 0.658. The second kappa shape index (κ2) is 3.82. The lowest BCUT2D eigenvalue weighted by Gasteiger charge is -2.13. The van der Waals surface area contributed by atoms with Crippen molar-refractivity contribution in [1.82, 2.24) is 4.90 Å². The fraction of sp³-hybridized carbons (Fsp3) is 0.417. The molecule has 0 aromatic heterocycles. The lowest BCUT2D eigenvalue weighted by atomic mass is 9.99. The third-order valence-electron chi connectivity index (χ3n) is 2.81. The minimum Gasteiger partial charge on any atom is -0.342 e. The molecule has 0 spiro atoms. The Morgan fingerprint density at radius 1 is 1.57 bits per heavy atom. The number of carbonyl (C=O) groups is 1. The molecule has 1 heterocycles. The van der Waals surface area contributed by atoms with Crippen molar-refractivity contribution < 1.29 is 4.79 Å². The van der Waals surface area contributed by atoms with Gasteiger partial charge in [-0.25, -0.2) is 0 Å². The van der Waals surface area contributed by atoms with Gasteiger partial charge in [0.2, 0.25) is 5.91 Å². The Morgan fingerprint density at radius 3 is 3.00 bits per heavy atom. The predicted molar refractivity (Wildman–Crippen MR) is 54.9 cm³/mol. The summed E-state index contributed by atoms with van der Waals surface area (Å²) in [6.45, 7) is 3.38. The molecule has 2 rings (SSSR count). The van der Waals surface area contributed by atoms with Crippen LogP contribution in [-0.4, -0.2) is 23.9 Å². The maximum atomic E-state index is 11.1. The zero-order valence-electron chi connectivity index (χ0n) is 8.36. The minimum atomic E-state index is 0.184. The van der Waals surface area contributed by atoms with Crippen LogP contribution in [0.4, 0.5) is 0 Å². The van der Waals surface area contributed by atoms with Crippen molar-refractivity contribution in [1.29, 1.82) is 0 Å². The van der Waals surface area contributed by atoms with E-state index in [1.807, 2.05) is 23.1 Å². The van der Waals surface area contributed by atoms with Crippen LogP contribution in [0.25, 0.3) is 0 Å². The van der Waals surface area contributed by atoms with Crippen molar-refractivity contribution in [3.05, 3.63) is 35.9 Å². The maximum absolute atomic E-state index is 11.1. The summed E-state index contributed by atoms with van der Waals surface area (Å²) in [5.41, 5.74) is 1.23. The van der Waals surface area contributed by atoms with E-state index in [-0.39, 0.29) is 5.91 Å². The van der Waals surface area contributed by atoms with Gasteiger partial charge in [-0.15, -0.1) is 0 Å². The summed E-state index contributed by atoms with van der Waals surface area (Å²) >= 11 is 0. The average Bonchev–Trinajstić information content (AvgIpc) is 2.68. The summed E-state index contributed by atoms with van der Waals surface area (Å²) in [4.78, 5) is 13.0. The zero-order chi connectivity index (χ0) is 9.97. The number of hydrogen-bond acceptors (Lipinski definition) is 1. The van der Waals surface area contributed by atoms with Crippen LogP contribution in [0.15, 0.2) is 24.3 Å². The molecule has 1 saturated heterocycles. The largest absolute Gasteiger partial charge is 0.342 e. The van der Waals surface area contributed by atoms with E-state index in [4.69, 9.17) is 0 Å². The second-order valence-electron chi connectivity index (χ2n) is 3.77. The molecule has 0 N–H and O–H groups in total. The first-order valence-electron chi connectivity index (χ1n) is 4.99. The van der Waals surface area contributed by atoms with Crippen LogP contribution in [0.3, 0.4) is 0 Å². The highest BCUT2D eigenvalue weighted by Crippen LogP contribution is 2.26. The summed E-state index contributed by atoms with van der Waals surface area (Å²) in [5, 5.41) is 0. The Bertz CT molecular complexity index is 320. The van der Waals surface area contributed by atoms with Crippen molar-refractivity contribution >= 4 is 5.91 Å². The molecule has 1 radical (unpaired) electrons. The molecule has 1 aliphatic rings. The summed E-state index contributed by atoms with van der Waals surface area (Å²) in [5.74, 6) is 0.670. The van der Waals surface area contributed by atoms with Crippen molar-refractivity contribution in [2.45, 2.75) is 19.3 Å². The third kappa shape index (κ3) is 1.79. The highest BCUT2D eigenvalue weighted by molar-refractivity contribution is 5.73. The Morgan fingerprint density at radius 2 is 2.43 bits per heavy atom. The first-order chi connectivity index (χ1) is 6.77. The molecule has 0 bridgehead atoms.